The predicted molar refractivity (Wildman–Crippen MR) is 65.3 cm³/mol. The number of hydrogen-bond donors (Lipinski definition) is 0. The topological polar surface area (TPSA) is 29.5 Å². The zero-order valence-electron chi connectivity index (χ0n) is 10.9. The van der Waals surface area contributed by atoms with Gasteiger partial charge in [0.2, 0.25) is 0 Å². The van der Waals surface area contributed by atoms with Crippen molar-refractivity contribution in [1.29, 1.82) is 0 Å². The van der Waals surface area contributed by atoms with Crippen LogP contribution in [0.4, 0.5) is 0 Å². The fourth-order valence-electron chi connectivity index (χ4n) is 2.35. The Labute approximate surface area is 99.1 Å². The smallest absolute Gasteiger partial charge is 0.320 e. The Bertz CT molecular complexity index is 210. The molecule has 0 atom stereocenters. The molecule has 16 heavy (non-hydrogen) atoms. The number of rotatable bonds is 6. The van der Waals surface area contributed by atoms with Gasteiger partial charge in [-0.15, -0.1) is 0 Å². The van der Waals surface area contributed by atoms with E-state index in [1.54, 1.807) is 0 Å². The number of esters is 1. The van der Waals surface area contributed by atoms with Crippen LogP contribution < -0.4 is 0 Å². The Morgan fingerprint density at radius 1 is 1.38 bits per heavy atom. The summed E-state index contributed by atoms with van der Waals surface area (Å²) in [5.74, 6) is 0.700. The van der Waals surface area contributed by atoms with E-state index < -0.39 is 0 Å². The lowest BCUT2D eigenvalue weighted by molar-refractivity contribution is -0.145. The molecule has 1 fully saturated rings. The van der Waals surface area contributed by atoms with E-state index in [2.05, 4.69) is 18.7 Å². The van der Waals surface area contributed by atoms with Gasteiger partial charge >= 0.3 is 5.97 Å². The van der Waals surface area contributed by atoms with Crippen LogP contribution in [0.2, 0.25) is 0 Å². The highest BCUT2D eigenvalue weighted by atomic mass is 16.5. The van der Waals surface area contributed by atoms with Crippen LogP contribution in [0.1, 0.15) is 46.5 Å². The fourth-order valence-corrected chi connectivity index (χ4v) is 2.35. The molecule has 0 aliphatic heterocycles. The second-order valence-corrected chi connectivity index (χ2v) is 4.98. The third-order valence-electron chi connectivity index (χ3n) is 3.34. The molecule has 0 unspecified atom stereocenters. The minimum Gasteiger partial charge on any atom is -0.465 e. The summed E-state index contributed by atoms with van der Waals surface area (Å²) in [5.41, 5.74) is 0. The number of hydrogen-bond acceptors (Lipinski definition) is 3. The lowest BCUT2D eigenvalue weighted by atomic mass is 10.1. The molecule has 1 saturated carbocycles. The van der Waals surface area contributed by atoms with Gasteiger partial charge in [0.1, 0.15) is 0 Å². The average molecular weight is 227 g/mol. The summed E-state index contributed by atoms with van der Waals surface area (Å²) in [6, 6.07) is 0.421. The number of ether oxygens (including phenoxy) is 1. The predicted octanol–water partition coefficient (Wildman–Crippen LogP) is 2.45. The van der Waals surface area contributed by atoms with Crippen LogP contribution in [0.25, 0.3) is 0 Å². The van der Waals surface area contributed by atoms with Gasteiger partial charge in [-0.3, -0.25) is 9.69 Å². The molecule has 3 nitrogen and oxygen atoms in total. The van der Waals surface area contributed by atoms with Crippen molar-refractivity contribution in [2.45, 2.75) is 52.5 Å². The lowest BCUT2D eigenvalue weighted by Gasteiger charge is -2.28. The fraction of sp³-hybridized carbons (Fsp3) is 0.923. The standard InChI is InChI=1S/C13H25NO2/c1-4-16-13(15)10-14(11(2)3)9-12-7-5-6-8-12/h11-12H,4-10H2,1-3H3. The Morgan fingerprint density at radius 2 is 2.00 bits per heavy atom. The van der Waals surface area contributed by atoms with Crippen molar-refractivity contribution in [2.24, 2.45) is 5.92 Å². The highest BCUT2D eigenvalue weighted by molar-refractivity contribution is 5.71. The van der Waals surface area contributed by atoms with Gasteiger partial charge in [0.25, 0.3) is 0 Å². The van der Waals surface area contributed by atoms with Gasteiger partial charge in [-0.05, 0) is 39.5 Å². The first-order valence-corrected chi connectivity index (χ1v) is 6.53. The third kappa shape index (κ3) is 4.52. The molecule has 3 heteroatoms. The normalized spacial score (nSPS) is 17.3. The summed E-state index contributed by atoms with van der Waals surface area (Å²) in [7, 11) is 0. The molecule has 0 N–H and O–H groups in total. The lowest BCUT2D eigenvalue weighted by Crippen LogP contribution is -2.39. The summed E-state index contributed by atoms with van der Waals surface area (Å²) in [4.78, 5) is 13.7. The van der Waals surface area contributed by atoms with E-state index in [0.717, 1.165) is 12.5 Å². The first-order chi connectivity index (χ1) is 7.63. The van der Waals surface area contributed by atoms with E-state index in [4.69, 9.17) is 4.74 Å². The molecule has 0 bridgehead atoms. The highest BCUT2D eigenvalue weighted by Gasteiger charge is 2.22. The number of carbonyl (C=O) groups is 1. The van der Waals surface area contributed by atoms with Gasteiger partial charge in [0, 0.05) is 12.6 Å². The summed E-state index contributed by atoms with van der Waals surface area (Å²) >= 11 is 0. The van der Waals surface area contributed by atoms with Crippen molar-refractivity contribution in [2.75, 3.05) is 19.7 Å². The maximum atomic E-state index is 11.5. The number of carbonyl (C=O) groups excluding carboxylic acids is 1. The van der Waals surface area contributed by atoms with Crippen molar-refractivity contribution < 1.29 is 9.53 Å². The van der Waals surface area contributed by atoms with Crippen molar-refractivity contribution in [3.8, 4) is 0 Å². The maximum Gasteiger partial charge on any atom is 0.320 e. The Morgan fingerprint density at radius 3 is 2.50 bits per heavy atom. The van der Waals surface area contributed by atoms with E-state index in [0.29, 0.717) is 19.2 Å². The summed E-state index contributed by atoms with van der Waals surface area (Å²) in [6.07, 6.45) is 5.37. The van der Waals surface area contributed by atoms with Crippen molar-refractivity contribution in [3.63, 3.8) is 0 Å². The molecule has 0 heterocycles. The molecule has 1 aliphatic rings. The molecular formula is C13H25NO2. The van der Waals surface area contributed by atoms with Gasteiger partial charge in [-0.25, -0.2) is 0 Å². The first-order valence-electron chi connectivity index (χ1n) is 6.53. The molecule has 1 rings (SSSR count). The zero-order valence-corrected chi connectivity index (χ0v) is 10.9. The van der Waals surface area contributed by atoms with Gasteiger partial charge < -0.3 is 4.74 Å². The monoisotopic (exact) mass is 227 g/mol. The molecule has 1 aliphatic carbocycles. The Balaban J connectivity index is 2.37. The Hall–Kier alpha value is -0.570. The molecule has 0 aromatic heterocycles. The van der Waals surface area contributed by atoms with Crippen LogP contribution in [0.3, 0.4) is 0 Å². The van der Waals surface area contributed by atoms with E-state index in [1.165, 1.54) is 25.7 Å². The minimum atomic E-state index is -0.0887. The molecule has 94 valence electrons. The van der Waals surface area contributed by atoms with Gasteiger partial charge in [-0.2, -0.15) is 0 Å². The van der Waals surface area contributed by atoms with Gasteiger partial charge in [0.05, 0.1) is 13.2 Å². The Kier molecular flexibility index (Phi) is 5.81. The largest absolute Gasteiger partial charge is 0.465 e. The maximum absolute atomic E-state index is 11.5. The quantitative estimate of drug-likeness (QED) is 0.653. The van der Waals surface area contributed by atoms with Crippen molar-refractivity contribution in [1.82, 2.24) is 4.90 Å². The zero-order chi connectivity index (χ0) is 12.0. The second-order valence-electron chi connectivity index (χ2n) is 4.98. The molecular weight excluding hydrogens is 202 g/mol. The van der Waals surface area contributed by atoms with Gasteiger partial charge in [-0.1, -0.05) is 12.8 Å². The number of nitrogens with zero attached hydrogens (tertiary/aromatic N) is 1. The van der Waals surface area contributed by atoms with Crippen LogP contribution >= 0.6 is 0 Å². The van der Waals surface area contributed by atoms with Crippen LogP contribution in [0.15, 0.2) is 0 Å². The molecule has 0 aromatic rings. The van der Waals surface area contributed by atoms with E-state index in [1.807, 2.05) is 6.92 Å². The van der Waals surface area contributed by atoms with Crippen LogP contribution in [-0.2, 0) is 9.53 Å². The van der Waals surface area contributed by atoms with E-state index in [-0.39, 0.29) is 5.97 Å². The summed E-state index contributed by atoms with van der Waals surface area (Å²) in [5, 5.41) is 0. The average Bonchev–Trinajstić information content (AvgIpc) is 2.69. The first kappa shape index (κ1) is 13.5. The van der Waals surface area contributed by atoms with Crippen LogP contribution in [-0.4, -0.2) is 36.6 Å². The molecule has 0 saturated heterocycles. The van der Waals surface area contributed by atoms with E-state index in [9.17, 15) is 4.79 Å². The minimum absolute atomic E-state index is 0.0887. The summed E-state index contributed by atoms with van der Waals surface area (Å²) in [6.45, 7) is 8.13. The highest BCUT2D eigenvalue weighted by Crippen LogP contribution is 2.25. The van der Waals surface area contributed by atoms with Crippen LogP contribution in [0, 0.1) is 5.92 Å². The van der Waals surface area contributed by atoms with Crippen molar-refractivity contribution >= 4 is 5.97 Å². The van der Waals surface area contributed by atoms with Crippen molar-refractivity contribution in [3.05, 3.63) is 0 Å². The molecule has 0 spiro atoms. The van der Waals surface area contributed by atoms with Gasteiger partial charge in [0.15, 0.2) is 0 Å². The third-order valence-corrected chi connectivity index (χ3v) is 3.34. The molecule has 0 amide bonds. The van der Waals surface area contributed by atoms with Crippen LogP contribution in [0.5, 0.6) is 0 Å². The molecule has 0 radical (unpaired) electrons. The summed E-state index contributed by atoms with van der Waals surface area (Å²) < 4.78 is 5.01. The molecule has 0 aromatic carbocycles. The second kappa shape index (κ2) is 6.89. The van der Waals surface area contributed by atoms with E-state index >= 15 is 0 Å². The SMILES string of the molecule is CCOC(=O)CN(CC1CCCC1)C(C)C.